The Morgan fingerprint density at radius 3 is 2.85 bits per heavy atom. The molecule has 20 heavy (non-hydrogen) atoms. The third-order valence-electron chi connectivity index (χ3n) is 3.05. The van der Waals surface area contributed by atoms with Crippen molar-refractivity contribution in [1.29, 1.82) is 0 Å². The molecule has 0 radical (unpaired) electrons. The van der Waals surface area contributed by atoms with E-state index in [-0.39, 0.29) is 17.6 Å². The van der Waals surface area contributed by atoms with Crippen molar-refractivity contribution in [3.8, 4) is 5.75 Å². The first-order valence-electron chi connectivity index (χ1n) is 6.30. The Kier molecular flexibility index (Phi) is 3.02. The summed E-state index contributed by atoms with van der Waals surface area (Å²) in [7, 11) is 0. The zero-order valence-corrected chi connectivity index (χ0v) is 10.9. The number of nitrogens with one attached hydrogen (secondary N) is 1. The topological polar surface area (TPSA) is 59.6 Å². The van der Waals surface area contributed by atoms with E-state index in [4.69, 9.17) is 10.5 Å². The molecule has 0 saturated carbocycles. The molecular formula is C15H14FN3O. The van der Waals surface area contributed by atoms with Crippen LogP contribution in [0, 0.1) is 5.82 Å². The Morgan fingerprint density at radius 1 is 1.25 bits per heavy atom. The normalized spacial score (nSPS) is 19.1. The molecule has 1 aliphatic heterocycles. The highest BCUT2D eigenvalue weighted by molar-refractivity contribution is 6.03. The summed E-state index contributed by atoms with van der Waals surface area (Å²) in [5.41, 5.74) is 7.38. The number of ether oxygens (including phenoxy) is 1. The molecule has 2 aromatic rings. The van der Waals surface area contributed by atoms with Crippen molar-refractivity contribution in [2.75, 3.05) is 11.1 Å². The fraction of sp³-hybridized carbons (Fsp3) is 0.133. The maximum atomic E-state index is 13.6. The maximum absolute atomic E-state index is 13.6. The number of halogens is 1. The molecule has 1 unspecified atom stereocenters. The van der Waals surface area contributed by atoms with E-state index in [2.05, 4.69) is 10.3 Å². The Bertz CT molecular complexity index is 685. The monoisotopic (exact) mass is 271 g/mol. The molecule has 1 heterocycles. The van der Waals surface area contributed by atoms with Gasteiger partial charge in [0.1, 0.15) is 23.1 Å². The van der Waals surface area contributed by atoms with Gasteiger partial charge in [-0.05, 0) is 37.3 Å². The van der Waals surface area contributed by atoms with Gasteiger partial charge < -0.3 is 15.8 Å². The van der Waals surface area contributed by atoms with E-state index in [9.17, 15) is 4.39 Å². The van der Waals surface area contributed by atoms with Gasteiger partial charge in [-0.1, -0.05) is 12.1 Å². The summed E-state index contributed by atoms with van der Waals surface area (Å²) < 4.78 is 19.4. The third-order valence-corrected chi connectivity index (χ3v) is 3.05. The predicted octanol–water partition coefficient (Wildman–Crippen LogP) is 3.33. The van der Waals surface area contributed by atoms with Gasteiger partial charge in [-0.25, -0.2) is 9.38 Å². The van der Waals surface area contributed by atoms with Crippen LogP contribution >= 0.6 is 0 Å². The number of nitrogens with two attached hydrogens (primary N) is 1. The summed E-state index contributed by atoms with van der Waals surface area (Å²) in [6.45, 7) is 1.85. The number of hydrogen-bond donors (Lipinski definition) is 2. The summed E-state index contributed by atoms with van der Waals surface area (Å²) in [6, 6.07) is 11.7. The van der Waals surface area contributed by atoms with Gasteiger partial charge in [-0.15, -0.1) is 0 Å². The first-order valence-corrected chi connectivity index (χ1v) is 6.30. The number of benzene rings is 2. The number of anilines is 2. The van der Waals surface area contributed by atoms with Gasteiger partial charge in [-0.2, -0.15) is 0 Å². The quantitative estimate of drug-likeness (QED) is 0.782. The van der Waals surface area contributed by atoms with E-state index >= 15 is 0 Å². The molecule has 5 heteroatoms. The first-order chi connectivity index (χ1) is 9.63. The van der Waals surface area contributed by atoms with Crippen LogP contribution in [0.3, 0.4) is 0 Å². The molecule has 0 aromatic heterocycles. The van der Waals surface area contributed by atoms with E-state index in [1.807, 2.05) is 6.92 Å². The molecule has 2 aromatic carbocycles. The number of nitrogens with zero attached hydrogens (tertiary/aromatic N) is 1. The minimum atomic E-state index is -0.368. The smallest absolute Gasteiger partial charge is 0.153 e. The zero-order chi connectivity index (χ0) is 14.1. The maximum Gasteiger partial charge on any atom is 0.153 e. The largest absolute Gasteiger partial charge is 0.481 e. The van der Waals surface area contributed by atoms with E-state index in [0.29, 0.717) is 17.3 Å². The molecule has 0 amide bonds. The van der Waals surface area contributed by atoms with Crippen molar-refractivity contribution >= 4 is 22.9 Å². The highest BCUT2D eigenvalue weighted by atomic mass is 19.1. The van der Waals surface area contributed by atoms with Crippen LogP contribution in [0.15, 0.2) is 47.5 Å². The van der Waals surface area contributed by atoms with Crippen LogP contribution in [0.5, 0.6) is 5.75 Å². The predicted molar refractivity (Wildman–Crippen MR) is 78.1 cm³/mol. The summed E-state index contributed by atoms with van der Waals surface area (Å²) in [6.07, 6.45) is -0.286. The molecule has 0 fully saturated rings. The van der Waals surface area contributed by atoms with Gasteiger partial charge in [0.15, 0.2) is 6.10 Å². The second kappa shape index (κ2) is 4.85. The lowest BCUT2D eigenvalue weighted by Gasteiger charge is -2.26. The number of amidine groups is 1. The second-order valence-corrected chi connectivity index (χ2v) is 4.59. The molecule has 0 spiro atoms. The van der Waals surface area contributed by atoms with Crippen LogP contribution in [0.2, 0.25) is 0 Å². The minimum Gasteiger partial charge on any atom is -0.481 e. The van der Waals surface area contributed by atoms with Gasteiger partial charge in [0.25, 0.3) is 0 Å². The Morgan fingerprint density at radius 2 is 2.05 bits per heavy atom. The number of hydrogen-bond acceptors (Lipinski definition) is 3. The molecule has 3 N–H and O–H groups in total. The van der Waals surface area contributed by atoms with Gasteiger partial charge in [0.2, 0.25) is 0 Å². The minimum absolute atomic E-state index is 0.276. The fourth-order valence-corrected chi connectivity index (χ4v) is 2.02. The number of fused-ring (bicyclic) bond motifs is 1. The van der Waals surface area contributed by atoms with Gasteiger partial charge >= 0.3 is 0 Å². The summed E-state index contributed by atoms with van der Waals surface area (Å²) in [5.74, 6) is 0.889. The van der Waals surface area contributed by atoms with Crippen LogP contribution < -0.4 is 15.8 Å². The van der Waals surface area contributed by atoms with Crippen molar-refractivity contribution in [2.24, 2.45) is 4.99 Å². The average Bonchev–Trinajstić information content (AvgIpc) is 2.42. The number of para-hydroxylation sites is 1. The summed E-state index contributed by atoms with van der Waals surface area (Å²) in [5, 5.41) is 3.14. The van der Waals surface area contributed by atoms with Gasteiger partial charge in [0.05, 0.1) is 5.69 Å². The van der Waals surface area contributed by atoms with Crippen molar-refractivity contribution in [3.05, 3.63) is 48.3 Å². The SMILES string of the molecule is CC1Oc2ccc(N)cc2NC1=Nc1ccccc1F. The summed E-state index contributed by atoms with van der Waals surface area (Å²) in [4.78, 5) is 4.29. The molecule has 1 aliphatic rings. The van der Waals surface area contributed by atoms with Crippen molar-refractivity contribution in [2.45, 2.75) is 13.0 Å². The van der Waals surface area contributed by atoms with Crippen LogP contribution in [0.1, 0.15) is 6.92 Å². The van der Waals surface area contributed by atoms with Crippen LogP contribution in [-0.4, -0.2) is 11.9 Å². The Hall–Kier alpha value is -2.56. The van der Waals surface area contributed by atoms with Gasteiger partial charge in [0, 0.05) is 5.69 Å². The molecule has 4 nitrogen and oxygen atoms in total. The fourth-order valence-electron chi connectivity index (χ4n) is 2.02. The number of nitrogen functional groups attached to an aromatic ring is 1. The van der Waals surface area contributed by atoms with E-state index in [0.717, 1.165) is 5.69 Å². The average molecular weight is 271 g/mol. The Balaban J connectivity index is 1.98. The highest BCUT2D eigenvalue weighted by Crippen LogP contribution is 2.32. The Labute approximate surface area is 116 Å². The molecule has 0 bridgehead atoms. The molecule has 0 aliphatic carbocycles. The first kappa shape index (κ1) is 12.5. The second-order valence-electron chi connectivity index (χ2n) is 4.59. The van der Waals surface area contributed by atoms with Crippen LogP contribution in [0.25, 0.3) is 0 Å². The standard InChI is InChI=1S/C15H14FN3O/c1-9-15(18-12-5-3-2-4-11(12)16)19-13-8-10(17)6-7-14(13)20-9/h2-9H,17H2,1H3,(H,18,19). The molecule has 102 valence electrons. The molecule has 3 rings (SSSR count). The van der Waals surface area contributed by atoms with Crippen molar-refractivity contribution < 1.29 is 9.13 Å². The molecule has 1 atom stereocenters. The van der Waals surface area contributed by atoms with Crippen LogP contribution in [-0.2, 0) is 0 Å². The van der Waals surface area contributed by atoms with E-state index in [1.54, 1.807) is 36.4 Å². The van der Waals surface area contributed by atoms with Crippen LogP contribution in [0.4, 0.5) is 21.5 Å². The lowest BCUT2D eigenvalue weighted by Crippen LogP contribution is -2.34. The van der Waals surface area contributed by atoms with Crippen molar-refractivity contribution in [3.63, 3.8) is 0 Å². The highest BCUT2D eigenvalue weighted by Gasteiger charge is 2.22. The van der Waals surface area contributed by atoms with Crippen molar-refractivity contribution in [1.82, 2.24) is 0 Å². The number of aliphatic imine (C=N–C) groups is 1. The van der Waals surface area contributed by atoms with E-state index < -0.39 is 0 Å². The molecular weight excluding hydrogens is 257 g/mol. The lowest BCUT2D eigenvalue weighted by atomic mass is 10.2. The molecule has 0 saturated heterocycles. The number of rotatable bonds is 1. The van der Waals surface area contributed by atoms with Gasteiger partial charge in [-0.3, -0.25) is 0 Å². The van der Waals surface area contributed by atoms with E-state index in [1.165, 1.54) is 6.07 Å². The summed E-state index contributed by atoms with van der Waals surface area (Å²) >= 11 is 0. The third kappa shape index (κ3) is 2.30. The zero-order valence-electron chi connectivity index (χ0n) is 10.9. The lowest BCUT2D eigenvalue weighted by molar-refractivity contribution is 0.283.